The lowest BCUT2D eigenvalue weighted by Gasteiger charge is -2.23. The fraction of sp³-hybridized carbons (Fsp3) is 0.500. The summed E-state index contributed by atoms with van der Waals surface area (Å²) in [5.41, 5.74) is -0.755. The van der Waals surface area contributed by atoms with Crippen molar-refractivity contribution in [1.82, 2.24) is 0 Å². The van der Waals surface area contributed by atoms with E-state index in [1.807, 2.05) is 20.8 Å². The number of hydrogen-bond acceptors (Lipinski definition) is 2. The largest absolute Gasteiger partial charge is 0.418 e. The molecule has 0 saturated carbocycles. The van der Waals surface area contributed by atoms with Crippen LogP contribution in [0, 0.1) is 17.2 Å². The van der Waals surface area contributed by atoms with Crippen molar-refractivity contribution < 1.29 is 13.2 Å². The monoisotopic (exact) mass is 270 g/mol. The lowest BCUT2D eigenvalue weighted by molar-refractivity contribution is -0.137. The Kier molecular flexibility index (Phi) is 4.82. The summed E-state index contributed by atoms with van der Waals surface area (Å²) in [6.07, 6.45) is -3.59. The Morgan fingerprint density at radius 2 is 1.95 bits per heavy atom. The number of nitrogens with one attached hydrogen (secondary N) is 1. The topological polar surface area (TPSA) is 35.8 Å². The summed E-state index contributed by atoms with van der Waals surface area (Å²) in [5, 5.41) is 11.6. The van der Waals surface area contributed by atoms with Gasteiger partial charge in [-0.2, -0.15) is 18.4 Å². The molecular formula is C14H17F3N2. The zero-order chi connectivity index (χ0) is 14.6. The van der Waals surface area contributed by atoms with Crippen LogP contribution in [0.15, 0.2) is 18.2 Å². The Bertz CT molecular complexity index is 475. The second-order valence-electron chi connectivity index (χ2n) is 4.69. The second kappa shape index (κ2) is 5.96. The Hall–Kier alpha value is -1.70. The van der Waals surface area contributed by atoms with Gasteiger partial charge >= 0.3 is 6.18 Å². The first-order valence-corrected chi connectivity index (χ1v) is 6.17. The molecule has 0 saturated heterocycles. The van der Waals surface area contributed by atoms with Crippen LogP contribution in [-0.4, -0.2) is 6.04 Å². The summed E-state index contributed by atoms with van der Waals surface area (Å²) < 4.78 is 38.8. The molecule has 0 aliphatic heterocycles. The molecule has 1 aromatic carbocycles. The molecule has 0 heterocycles. The van der Waals surface area contributed by atoms with Crippen molar-refractivity contribution in [1.29, 1.82) is 5.26 Å². The van der Waals surface area contributed by atoms with Crippen molar-refractivity contribution in [3.8, 4) is 6.07 Å². The van der Waals surface area contributed by atoms with Crippen molar-refractivity contribution in [3.05, 3.63) is 29.3 Å². The summed E-state index contributed by atoms with van der Waals surface area (Å²) in [5.74, 6) is 0.261. The fourth-order valence-electron chi connectivity index (χ4n) is 1.72. The maximum atomic E-state index is 12.9. The normalized spacial score (nSPS) is 14.6. The van der Waals surface area contributed by atoms with E-state index in [9.17, 15) is 13.2 Å². The fourth-order valence-corrected chi connectivity index (χ4v) is 1.72. The molecule has 0 amide bonds. The third-order valence-corrected chi connectivity index (χ3v) is 3.33. The van der Waals surface area contributed by atoms with Gasteiger partial charge in [0.05, 0.1) is 17.2 Å². The van der Waals surface area contributed by atoms with Crippen molar-refractivity contribution in [2.24, 2.45) is 5.92 Å². The highest BCUT2D eigenvalue weighted by Gasteiger charge is 2.34. The van der Waals surface area contributed by atoms with Crippen molar-refractivity contribution in [2.45, 2.75) is 39.4 Å². The van der Waals surface area contributed by atoms with Crippen LogP contribution in [0.5, 0.6) is 0 Å². The molecule has 2 unspecified atom stereocenters. The zero-order valence-corrected chi connectivity index (χ0v) is 11.2. The minimum Gasteiger partial charge on any atom is -0.382 e. The molecule has 0 bridgehead atoms. The van der Waals surface area contributed by atoms with Crippen molar-refractivity contribution in [2.75, 3.05) is 5.32 Å². The van der Waals surface area contributed by atoms with Crippen LogP contribution in [0.25, 0.3) is 0 Å². The average molecular weight is 270 g/mol. The van der Waals surface area contributed by atoms with Crippen LogP contribution in [-0.2, 0) is 6.18 Å². The molecule has 1 rings (SSSR count). The van der Waals surface area contributed by atoms with Gasteiger partial charge in [0.15, 0.2) is 0 Å². The van der Waals surface area contributed by atoms with Gasteiger partial charge in [0.2, 0.25) is 0 Å². The molecule has 0 aliphatic carbocycles. The number of anilines is 1. The van der Waals surface area contributed by atoms with Crippen LogP contribution >= 0.6 is 0 Å². The van der Waals surface area contributed by atoms with E-state index in [1.165, 1.54) is 12.1 Å². The van der Waals surface area contributed by atoms with Crippen LogP contribution in [0.3, 0.4) is 0 Å². The third kappa shape index (κ3) is 3.88. The lowest BCUT2D eigenvalue weighted by atomic mass is 9.99. The molecule has 2 nitrogen and oxygen atoms in total. The van der Waals surface area contributed by atoms with Crippen molar-refractivity contribution in [3.63, 3.8) is 0 Å². The number of nitriles is 1. The Balaban J connectivity index is 3.11. The van der Waals surface area contributed by atoms with Gasteiger partial charge in [-0.25, -0.2) is 0 Å². The molecule has 0 radical (unpaired) electrons. The van der Waals surface area contributed by atoms with E-state index in [2.05, 4.69) is 5.32 Å². The van der Waals surface area contributed by atoms with Crippen molar-refractivity contribution >= 4 is 5.69 Å². The van der Waals surface area contributed by atoms with E-state index in [1.54, 1.807) is 6.07 Å². The number of nitrogens with zero attached hydrogens (tertiary/aromatic N) is 1. The smallest absolute Gasteiger partial charge is 0.382 e. The molecular weight excluding hydrogens is 253 g/mol. The summed E-state index contributed by atoms with van der Waals surface area (Å²) in [4.78, 5) is 0. The van der Waals surface area contributed by atoms with E-state index in [0.717, 1.165) is 12.5 Å². The first kappa shape index (κ1) is 15.4. The first-order valence-electron chi connectivity index (χ1n) is 6.17. The third-order valence-electron chi connectivity index (χ3n) is 3.33. The van der Waals surface area contributed by atoms with Crippen LogP contribution < -0.4 is 5.32 Å². The highest BCUT2D eigenvalue weighted by atomic mass is 19.4. The summed E-state index contributed by atoms with van der Waals surface area (Å²) in [6.45, 7) is 5.83. The molecule has 5 heteroatoms. The SMILES string of the molecule is CCC(C)C(C)Nc1ccc(C#N)cc1C(F)(F)F. The van der Waals surface area contributed by atoms with E-state index >= 15 is 0 Å². The summed E-state index contributed by atoms with van der Waals surface area (Å²) in [6, 6.07) is 5.25. The Morgan fingerprint density at radius 1 is 1.32 bits per heavy atom. The molecule has 19 heavy (non-hydrogen) atoms. The highest BCUT2D eigenvalue weighted by Crippen LogP contribution is 2.36. The molecule has 104 valence electrons. The maximum Gasteiger partial charge on any atom is 0.418 e. The molecule has 1 aromatic rings. The lowest BCUT2D eigenvalue weighted by Crippen LogP contribution is -2.25. The molecule has 1 N–H and O–H groups in total. The quantitative estimate of drug-likeness (QED) is 0.878. The Labute approximate surface area is 111 Å². The van der Waals surface area contributed by atoms with Gasteiger partial charge in [0, 0.05) is 11.7 Å². The molecule has 0 aliphatic rings. The number of hydrogen-bond donors (Lipinski definition) is 1. The van der Waals surface area contributed by atoms with Gasteiger partial charge in [-0.1, -0.05) is 20.3 Å². The van der Waals surface area contributed by atoms with E-state index in [-0.39, 0.29) is 23.2 Å². The number of halogens is 3. The predicted octanol–water partition coefficient (Wildman–Crippen LogP) is 4.42. The van der Waals surface area contributed by atoms with E-state index in [4.69, 9.17) is 5.26 Å². The van der Waals surface area contributed by atoms with E-state index in [0.29, 0.717) is 0 Å². The Morgan fingerprint density at radius 3 is 2.42 bits per heavy atom. The molecule has 0 spiro atoms. The van der Waals surface area contributed by atoms with Gasteiger partial charge in [-0.15, -0.1) is 0 Å². The van der Waals surface area contributed by atoms with Gasteiger partial charge in [-0.3, -0.25) is 0 Å². The standard InChI is InChI=1S/C14H17F3N2/c1-4-9(2)10(3)19-13-6-5-11(8-18)7-12(13)14(15,16)17/h5-7,9-10,19H,4H2,1-3H3. The number of benzene rings is 1. The number of alkyl halides is 3. The van der Waals surface area contributed by atoms with Gasteiger partial charge in [-0.05, 0) is 31.0 Å². The van der Waals surface area contributed by atoms with Crippen LogP contribution in [0.4, 0.5) is 18.9 Å². The zero-order valence-electron chi connectivity index (χ0n) is 11.2. The molecule has 0 fully saturated rings. The van der Waals surface area contributed by atoms with Crippen LogP contribution in [0.2, 0.25) is 0 Å². The second-order valence-corrected chi connectivity index (χ2v) is 4.69. The van der Waals surface area contributed by atoms with Gasteiger partial charge in [0.25, 0.3) is 0 Å². The predicted molar refractivity (Wildman–Crippen MR) is 68.7 cm³/mol. The summed E-state index contributed by atoms with van der Waals surface area (Å²) in [7, 11) is 0. The minimum atomic E-state index is -4.47. The van der Waals surface area contributed by atoms with Gasteiger partial charge < -0.3 is 5.32 Å². The highest BCUT2D eigenvalue weighted by molar-refractivity contribution is 5.56. The number of rotatable bonds is 4. The molecule has 2 atom stereocenters. The first-order chi connectivity index (χ1) is 8.79. The van der Waals surface area contributed by atoms with Crippen LogP contribution in [0.1, 0.15) is 38.3 Å². The average Bonchev–Trinajstić information content (AvgIpc) is 2.36. The van der Waals surface area contributed by atoms with Gasteiger partial charge in [0.1, 0.15) is 0 Å². The molecule has 0 aromatic heterocycles. The maximum absolute atomic E-state index is 12.9. The minimum absolute atomic E-state index is 0.00840. The van der Waals surface area contributed by atoms with E-state index < -0.39 is 11.7 Å². The summed E-state index contributed by atoms with van der Waals surface area (Å²) >= 11 is 0.